The maximum atomic E-state index is 11.8. The Balaban J connectivity index is 1.59. The Labute approximate surface area is 144 Å². The van der Waals surface area contributed by atoms with Crippen LogP contribution in [0.2, 0.25) is 0 Å². The second-order valence-electron chi connectivity index (χ2n) is 4.77. The number of anilines is 1. The van der Waals surface area contributed by atoms with Crippen molar-refractivity contribution in [1.82, 2.24) is 15.5 Å². The number of hydrogen-bond donors (Lipinski definition) is 2. The minimum absolute atomic E-state index is 0.0267. The summed E-state index contributed by atoms with van der Waals surface area (Å²) in [5.41, 5.74) is 1.30. The van der Waals surface area contributed by atoms with Crippen LogP contribution in [0.15, 0.2) is 47.3 Å². The lowest BCUT2D eigenvalue weighted by molar-refractivity contribution is -0.118. The van der Waals surface area contributed by atoms with E-state index in [1.165, 1.54) is 28.7 Å². The molecule has 122 valence electrons. The second kappa shape index (κ2) is 10.0. The van der Waals surface area contributed by atoms with Gasteiger partial charge in [0.25, 0.3) is 0 Å². The van der Waals surface area contributed by atoms with Gasteiger partial charge < -0.3 is 10.6 Å². The third kappa shape index (κ3) is 6.83. The average Bonchev–Trinajstić information content (AvgIpc) is 3.04. The first-order valence-electron chi connectivity index (χ1n) is 7.39. The summed E-state index contributed by atoms with van der Waals surface area (Å²) in [7, 11) is 0. The van der Waals surface area contributed by atoms with Gasteiger partial charge in [-0.25, -0.2) is 0 Å². The van der Waals surface area contributed by atoms with Crippen LogP contribution in [0.5, 0.6) is 0 Å². The van der Waals surface area contributed by atoms with Gasteiger partial charge in [0.1, 0.15) is 0 Å². The number of carbonyl (C=O) groups excluding carboxylic acids is 1. The summed E-state index contributed by atoms with van der Waals surface area (Å²) in [4.78, 5) is 11.8. The number of benzene rings is 1. The zero-order valence-corrected chi connectivity index (χ0v) is 14.5. The van der Waals surface area contributed by atoms with Crippen molar-refractivity contribution in [3.8, 4) is 0 Å². The number of amides is 1. The molecule has 0 fully saturated rings. The van der Waals surface area contributed by atoms with E-state index in [0.29, 0.717) is 18.8 Å². The largest absolute Gasteiger partial charge is 0.357 e. The topological polar surface area (TPSA) is 66.9 Å². The summed E-state index contributed by atoms with van der Waals surface area (Å²) in [6.07, 6.45) is 3.68. The number of hydrogen-bond acceptors (Lipinski definition) is 6. The van der Waals surface area contributed by atoms with Gasteiger partial charge in [-0.2, -0.15) is 0 Å². The molecule has 1 heterocycles. The fourth-order valence-electron chi connectivity index (χ4n) is 1.84. The van der Waals surface area contributed by atoms with Gasteiger partial charge in [-0.3, -0.25) is 4.79 Å². The van der Waals surface area contributed by atoms with Crippen LogP contribution in [-0.4, -0.2) is 34.9 Å². The smallest absolute Gasteiger partial charge is 0.230 e. The molecule has 0 unspecified atom stereocenters. The molecule has 0 saturated heterocycles. The highest BCUT2D eigenvalue weighted by atomic mass is 32.2. The molecule has 0 aliphatic rings. The molecular formula is C16H20N4OS2. The van der Waals surface area contributed by atoms with Crippen LogP contribution in [0, 0.1) is 0 Å². The number of nitrogens with zero attached hydrogens (tertiary/aromatic N) is 2. The number of aromatic nitrogens is 2. The van der Waals surface area contributed by atoms with E-state index in [0.717, 1.165) is 22.3 Å². The first-order chi connectivity index (χ1) is 11.3. The highest BCUT2D eigenvalue weighted by molar-refractivity contribution is 8.01. The summed E-state index contributed by atoms with van der Waals surface area (Å²) >= 11 is 2.85. The van der Waals surface area contributed by atoms with Crippen LogP contribution in [0.1, 0.15) is 12.0 Å². The lowest BCUT2D eigenvalue weighted by atomic mass is 10.1. The molecule has 5 nitrogen and oxygen atoms in total. The normalized spacial score (nSPS) is 10.3. The Morgan fingerprint density at radius 3 is 2.91 bits per heavy atom. The van der Waals surface area contributed by atoms with Gasteiger partial charge in [-0.1, -0.05) is 59.5 Å². The molecule has 0 aliphatic carbocycles. The molecule has 0 radical (unpaired) electrons. The fourth-order valence-corrected chi connectivity index (χ4v) is 3.43. The Morgan fingerprint density at radius 1 is 1.30 bits per heavy atom. The molecule has 0 spiro atoms. The minimum Gasteiger partial charge on any atom is -0.357 e. The standard InChI is InChI=1S/C16H20N4OS2/c1-2-10-18-15-19-20-16(23-15)22-12-14(21)17-11-6-9-13-7-4-3-5-8-13/h2-5,7-8H,1,6,9-12H2,(H,17,21)(H,18,19). The van der Waals surface area contributed by atoms with Crippen LogP contribution >= 0.6 is 23.1 Å². The fraction of sp³-hybridized carbons (Fsp3) is 0.312. The SMILES string of the molecule is C=CCNc1nnc(SCC(=O)NCCCc2ccccc2)s1. The van der Waals surface area contributed by atoms with E-state index >= 15 is 0 Å². The molecular weight excluding hydrogens is 328 g/mol. The first-order valence-corrected chi connectivity index (χ1v) is 9.20. The Bertz CT molecular complexity index is 616. The molecule has 1 amide bonds. The first kappa shape index (κ1) is 17.5. The molecule has 0 aliphatic heterocycles. The average molecular weight is 348 g/mol. The number of carbonyl (C=O) groups is 1. The van der Waals surface area contributed by atoms with Crippen LogP contribution in [-0.2, 0) is 11.2 Å². The molecule has 0 atom stereocenters. The highest BCUT2D eigenvalue weighted by Gasteiger charge is 2.07. The lowest BCUT2D eigenvalue weighted by Gasteiger charge is -2.04. The van der Waals surface area contributed by atoms with E-state index in [-0.39, 0.29) is 5.91 Å². The Morgan fingerprint density at radius 2 is 2.13 bits per heavy atom. The summed E-state index contributed by atoms with van der Waals surface area (Å²) in [5.74, 6) is 0.389. The maximum absolute atomic E-state index is 11.8. The van der Waals surface area contributed by atoms with E-state index < -0.39 is 0 Å². The predicted octanol–water partition coefficient (Wildman–Crippen LogP) is 2.98. The molecule has 23 heavy (non-hydrogen) atoms. The van der Waals surface area contributed by atoms with Crippen molar-refractivity contribution in [2.75, 3.05) is 24.2 Å². The molecule has 2 N–H and O–H groups in total. The van der Waals surface area contributed by atoms with E-state index in [4.69, 9.17) is 0 Å². The minimum atomic E-state index is 0.0267. The summed E-state index contributed by atoms with van der Waals surface area (Å²) in [5, 5.41) is 14.8. The van der Waals surface area contributed by atoms with E-state index in [1.807, 2.05) is 18.2 Å². The zero-order chi connectivity index (χ0) is 16.3. The van der Waals surface area contributed by atoms with Crippen molar-refractivity contribution >= 4 is 34.1 Å². The van der Waals surface area contributed by atoms with Crippen molar-refractivity contribution in [1.29, 1.82) is 0 Å². The van der Waals surface area contributed by atoms with Crippen LogP contribution in [0.3, 0.4) is 0 Å². The molecule has 2 aromatic rings. The molecule has 1 aromatic carbocycles. The van der Waals surface area contributed by atoms with Gasteiger partial charge in [0.05, 0.1) is 5.75 Å². The van der Waals surface area contributed by atoms with Crippen molar-refractivity contribution in [2.24, 2.45) is 0 Å². The van der Waals surface area contributed by atoms with Crippen molar-refractivity contribution in [2.45, 2.75) is 17.2 Å². The molecule has 0 bridgehead atoms. The van der Waals surface area contributed by atoms with E-state index in [2.05, 4.69) is 39.5 Å². The lowest BCUT2D eigenvalue weighted by Crippen LogP contribution is -2.26. The quantitative estimate of drug-likeness (QED) is 0.392. The Kier molecular flexibility index (Phi) is 7.62. The van der Waals surface area contributed by atoms with E-state index in [1.54, 1.807) is 6.08 Å². The molecule has 7 heteroatoms. The number of rotatable bonds is 10. The summed E-state index contributed by atoms with van der Waals surface area (Å²) in [6, 6.07) is 10.3. The Hall–Kier alpha value is -1.86. The molecule has 0 saturated carbocycles. The molecule has 2 rings (SSSR count). The van der Waals surface area contributed by atoms with Crippen molar-refractivity contribution in [3.05, 3.63) is 48.6 Å². The number of nitrogens with one attached hydrogen (secondary N) is 2. The van der Waals surface area contributed by atoms with Crippen molar-refractivity contribution in [3.63, 3.8) is 0 Å². The number of thioether (sulfide) groups is 1. The predicted molar refractivity (Wildman–Crippen MR) is 97.1 cm³/mol. The monoisotopic (exact) mass is 348 g/mol. The van der Waals surface area contributed by atoms with Crippen LogP contribution < -0.4 is 10.6 Å². The van der Waals surface area contributed by atoms with Gasteiger partial charge in [-0.05, 0) is 18.4 Å². The van der Waals surface area contributed by atoms with Crippen molar-refractivity contribution < 1.29 is 4.79 Å². The van der Waals surface area contributed by atoms with Gasteiger partial charge in [0.2, 0.25) is 11.0 Å². The van der Waals surface area contributed by atoms with Crippen LogP contribution in [0.4, 0.5) is 5.13 Å². The summed E-state index contributed by atoms with van der Waals surface area (Å²) in [6.45, 7) is 4.98. The highest BCUT2D eigenvalue weighted by Crippen LogP contribution is 2.24. The second-order valence-corrected chi connectivity index (χ2v) is 6.97. The van der Waals surface area contributed by atoms with E-state index in [9.17, 15) is 4.79 Å². The van der Waals surface area contributed by atoms with Gasteiger partial charge in [0.15, 0.2) is 4.34 Å². The van der Waals surface area contributed by atoms with Gasteiger partial charge in [0, 0.05) is 13.1 Å². The van der Waals surface area contributed by atoms with Crippen LogP contribution in [0.25, 0.3) is 0 Å². The molecule has 1 aromatic heterocycles. The number of aryl methyl sites for hydroxylation is 1. The summed E-state index contributed by atoms with van der Waals surface area (Å²) < 4.78 is 0.788. The van der Waals surface area contributed by atoms with Gasteiger partial charge >= 0.3 is 0 Å². The maximum Gasteiger partial charge on any atom is 0.230 e. The third-order valence-corrected chi connectivity index (χ3v) is 4.95. The van der Waals surface area contributed by atoms with Gasteiger partial charge in [-0.15, -0.1) is 16.8 Å². The zero-order valence-electron chi connectivity index (χ0n) is 12.8. The third-order valence-electron chi connectivity index (χ3n) is 2.94.